The molecule has 1 amide bonds. The summed E-state index contributed by atoms with van der Waals surface area (Å²) < 4.78 is 8.97. The Morgan fingerprint density at radius 3 is 3.07 bits per heavy atom. The van der Waals surface area contributed by atoms with Crippen LogP contribution >= 0.6 is 0 Å². The molecule has 2 atom stereocenters. The van der Waals surface area contributed by atoms with Crippen molar-refractivity contribution in [2.45, 2.75) is 37.8 Å². The predicted molar refractivity (Wildman–Crippen MR) is 111 cm³/mol. The van der Waals surface area contributed by atoms with Gasteiger partial charge in [0.05, 0.1) is 36.5 Å². The topological polar surface area (TPSA) is 107 Å². The van der Waals surface area contributed by atoms with Crippen LogP contribution in [0.25, 0.3) is 16.6 Å². The Labute approximate surface area is 172 Å². The molecule has 1 aliphatic carbocycles. The number of carbonyl (C=O) groups is 1. The SMILES string of the molecule is COc1cc2nn([C@H]3CCC[C@@H](O)C3)cc2cc1C(=O)Nc1cnn2cccnc12. The normalized spacial score (nSPS) is 19.3. The largest absolute Gasteiger partial charge is 0.496 e. The molecule has 30 heavy (non-hydrogen) atoms. The Morgan fingerprint density at radius 1 is 1.33 bits per heavy atom. The van der Waals surface area contributed by atoms with Gasteiger partial charge in [-0.05, 0) is 37.8 Å². The first-order chi connectivity index (χ1) is 14.6. The monoisotopic (exact) mass is 406 g/mol. The molecule has 2 N–H and O–H groups in total. The zero-order valence-corrected chi connectivity index (χ0v) is 16.5. The van der Waals surface area contributed by atoms with Gasteiger partial charge in [-0.3, -0.25) is 9.48 Å². The van der Waals surface area contributed by atoms with Gasteiger partial charge in [0.2, 0.25) is 0 Å². The average Bonchev–Trinajstić information content (AvgIpc) is 3.36. The highest BCUT2D eigenvalue weighted by molar-refractivity contribution is 6.09. The van der Waals surface area contributed by atoms with Crippen LogP contribution < -0.4 is 10.1 Å². The maximum atomic E-state index is 13.0. The molecule has 1 aromatic carbocycles. The number of nitrogens with zero attached hydrogens (tertiary/aromatic N) is 5. The van der Waals surface area contributed by atoms with E-state index in [-0.39, 0.29) is 18.1 Å². The van der Waals surface area contributed by atoms with Gasteiger partial charge in [-0.1, -0.05) is 0 Å². The highest BCUT2D eigenvalue weighted by Gasteiger charge is 2.23. The van der Waals surface area contributed by atoms with E-state index in [0.29, 0.717) is 29.1 Å². The van der Waals surface area contributed by atoms with Crippen molar-refractivity contribution < 1.29 is 14.6 Å². The summed E-state index contributed by atoms with van der Waals surface area (Å²) in [5.41, 5.74) is 2.24. The summed E-state index contributed by atoms with van der Waals surface area (Å²) in [6, 6.07) is 5.49. The standard InChI is InChI=1S/C21H22N6O3/c1-30-19-10-17-13(12-27(25-17)14-4-2-5-15(28)9-14)8-16(19)21(29)24-18-11-23-26-7-3-6-22-20(18)26/h3,6-8,10-12,14-15,28H,2,4-5,9H2,1H3,(H,24,29)/t14-,15+/m0/s1. The summed E-state index contributed by atoms with van der Waals surface area (Å²) in [6.07, 6.45) is 10.1. The molecule has 9 heteroatoms. The Morgan fingerprint density at radius 2 is 2.23 bits per heavy atom. The number of carbonyl (C=O) groups excluding carboxylic acids is 1. The fourth-order valence-electron chi connectivity index (χ4n) is 4.09. The number of fused-ring (bicyclic) bond motifs is 2. The molecular formula is C21H22N6O3. The summed E-state index contributed by atoms with van der Waals surface area (Å²) >= 11 is 0. The summed E-state index contributed by atoms with van der Waals surface area (Å²) in [4.78, 5) is 17.3. The second-order valence-corrected chi connectivity index (χ2v) is 7.59. The van der Waals surface area contributed by atoms with Crippen LogP contribution in [-0.4, -0.2) is 48.6 Å². The Hall–Kier alpha value is -3.46. The molecule has 3 heterocycles. The van der Waals surface area contributed by atoms with Crippen LogP contribution in [0.2, 0.25) is 0 Å². The minimum absolute atomic E-state index is 0.161. The van der Waals surface area contributed by atoms with Crippen molar-refractivity contribution in [3.63, 3.8) is 0 Å². The number of aromatic nitrogens is 5. The third-order valence-electron chi connectivity index (χ3n) is 5.61. The number of amides is 1. The smallest absolute Gasteiger partial charge is 0.259 e. The van der Waals surface area contributed by atoms with E-state index in [1.54, 1.807) is 41.3 Å². The molecule has 0 aliphatic heterocycles. The highest BCUT2D eigenvalue weighted by Crippen LogP contribution is 2.31. The lowest BCUT2D eigenvalue weighted by Gasteiger charge is -2.25. The van der Waals surface area contributed by atoms with E-state index >= 15 is 0 Å². The number of rotatable bonds is 4. The third-order valence-corrected chi connectivity index (χ3v) is 5.61. The number of aliphatic hydroxyl groups excluding tert-OH is 1. The lowest BCUT2D eigenvalue weighted by atomic mass is 9.93. The lowest BCUT2D eigenvalue weighted by Crippen LogP contribution is -2.22. The molecule has 0 unspecified atom stereocenters. The second-order valence-electron chi connectivity index (χ2n) is 7.59. The number of hydrogen-bond acceptors (Lipinski definition) is 6. The number of anilines is 1. The fraction of sp³-hybridized carbons (Fsp3) is 0.333. The van der Waals surface area contributed by atoms with Crippen molar-refractivity contribution in [1.82, 2.24) is 24.4 Å². The van der Waals surface area contributed by atoms with Gasteiger partial charge in [0.15, 0.2) is 5.65 Å². The van der Waals surface area contributed by atoms with Gasteiger partial charge in [0.1, 0.15) is 11.4 Å². The molecule has 5 rings (SSSR count). The Kier molecular flexibility index (Phi) is 4.59. The van der Waals surface area contributed by atoms with E-state index < -0.39 is 0 Å². The number of aliphatic hydroxyl groups is 1. The number of nitrogens with one attached hydrogen (secondary N) is 1. The van der Waals surface area contributed by atoms with Crippen LogP contribution in [0.5, 0.6) is 5.75 Å². The van der Waals surface area contributed by atoms with Crippen LogP contribution in [0, 0.1) is 0 Å². The third kappa shape index (κ3) is 3.26. The van der Waals surface area contributed by atoms with Crippen molar-refractivity contribution in [2.24, 2.45) is 0 Å². The Bertz CT molecular complexity index is 1230. The molecular weight excluding hydrogens is 384 g/mol. The number of methoxy groups -OCH3 is 1. The summed E-state index contributed by atoms with van der Waals surface area (Å²) in [7, 11) is 1.53. The quantitative estimate of drug-likeness (QED) is 0.540. The van der Waals surface area contributed by atoms with Gasteiger partial charge in [0.25, 0.3) is 5.91 Å². The number of ether oxygens (including phenoxy) is 1. The van der Waals surface area contributed by atoms with Crippen LogP contribution in [0.3, 0.4) is 0 Å². The molecule has 1 fully saturated rings. The van der Waals surface area contributed by atoms with Gasteiger partial charge in [-0.2, -0.15) is 10.2 Å². The maximum absolute atomic E-state index is 13.0. The van der Waals surface area contributed by atoms with Gasteiger partial charge in [-0.15, -0.1) is 0 Å². The molecule has 0 spiro atoms. The maximum Gasteiger partial charge on any atom is 0.259 e. The number of hydrogen-bond donors (Lipinski definition) is 2. The van der Waals surface area contributed by atoms with Gasteiger partial charge in [0, 0.05) is 30.0 Å². The number of benzene rings is 1. The van der Waals surface area contributed by atoms with Gasteiger partial charge in [-0.25, -0.2) is 9.50 Å². The highest BCUT2D eigenvalue weighted by atomic mass is 16.5. The van der Waals surface area contributed by atoms with Crippen molar-refractivity contribution in [2.75, 3.05) is 12.4 Å². The molecule has 1 saturated carbocycles. The minimum atomic E-state index is -0.310. The second kappa shape index (κ2) is 7.42. The van der Waals surface area contributed by atoms with E-state index in [2.05, 4.69) is 20.5 Å². The average molecular weight is 406 g/mol. The van der Waals surface area contributed by atoms with E-state index in [1.807, 2.05) is 10.9 Å². The summed E-state index contributed by atoms with van der Waals surface area (Å²) in [5.74, 6) is 0.133. The molecule has 4 aromatic rings. The molecule has 9 nitrogen and oxygen atoms in total. The molecule has 154 valence electrons. The van der Waals surface area contributed by atoms with Crippen molar-refractivity contribution in [1.29, 1.82) is 0 Å². The van der Waals surface area contributed by atoms with E-state index in [1.165, 1.54) is 7.11 Å². The van der Waals surface area contributed by atoms with Crippen molar-refractivity contribution >= 4 is 28.1 Å². The molecule has 0 saturated heterocycles. The van der Waals surface area contributed by atoms with E-state index in [4.69, 9.17) is 4.74 Å². The molecule has 3 aromatic heterocycles. The zero-order chi connectivity index (χ0) is 20.7. The summed E-state index contributed by atoms with van der Waals surface area (Å²) in [6.45, 7) is 0. The van der Waals surface area contributed by atoms with Crippen molar-refractivity contribution in [3.05, 3.63) is 48.5 Å². The first-order valence-corrected chi connectivity index (χ1v) is 9.97. The Balaban J connectivity index is 1.47. The summed E-state index contributed by atoms with van der Waals surface area (Å²) in [5, 5.41) is 22.6. The van der Waals surface area contributed by atoms with E-state index in [9.17, 15) is 9.90 Å². The first kappa shape index (κ1) is 18.6. The van der Waals surface area contributed by atoms with Crippen LogP contribution in [0.1, 0.15) is 42.1 Å². The first-order valence-electron chi connectivity index (χ1n) is 9.97. The van der Waals surface area contributed by atoms with Crippen LogP contribution in [0.4, 0.5) is 5.69 Å². The predicted octanol–water partition coefficient (Wildman–Crippen LogP) is 2.82. The molecule has 1 aliphatic rings. The zero-order valence-electron chi connectivity index (χ0n) is 16.5. The van der Waals surface area contributed by atoms with E-state index in [0.717, 1.165) is 30.2 Å². The molecule has 0 bridgehead atoms. The fourth-order valence-corrected chi connectivity index (χ4v) is 4.09. The van der Waals surface area contributed by atoms with Crippen molar-refractivity contribution in [3.8, 4) is 5.75 Å². The lowest BCUT2D eigenvalue weighted by molar-refractivity contribution is 0.100. The molecule has 0 radical (unpaired) electrons. The van der Waals surface area contributed by atoms with Gasteiger partial charge >= 0.3 is 0 Å². The minimum Gasteiger partial charge on any atom is -0.496 e. The van der Waals surface area contributed by atoms with Crippen LogP contribution in [-0.2, 0) is 0 Å². The van der Waals surface area contributed by atoms with Crippen LogP contribution in [0.15, 0.2) is 43.0 Å². The van der Waals surface area contributed by atoms with Gasteiger partial charge < -0.3 is 15.2 Å².